The summed E-state index contributed by atoms with van der Waals surface area (Å²) >= 11 is 0. The molecule has 25 heavy (non-hydrogen) atoms. The van der Waals surface area contributed by atoms with E-state index in [-0.39, 0.29) is 5.91 Å². The minimum Gasteiger partial charge on any atom is -0.378 e. The molecule has 1 aliphatic rings. The molecule has 1 aliphatic heterocycles. The summed E-state index contributed by atoms with van der Waals surface area (Å²) in [6.07, 6.45) is 8.40. The van der Waals surface area contributed by atoms with Gasteiger partial charge in [-0.15, -0.1) is 0 Å². The highest BCUT2D eigenvalue weighted by Gasteiger charge is 2.16. The van der Waals surface area contributed by atoms with E-state index in [1.165, 1.54) is 6.42 Å². The number of aryl methyl sites for hydroxylation is 1. The Bertz CT molecular complexity index is 706. The Labute approximate surface area is 149 Å². The molecule has 4 nitrogen and oxygen atoms in total. The van der Waals surface area contributed by atoms with Gasteiger partial charge in [0.2, 0.25) is 0 Å². The van der Waals surface area contributed by atoms with Gasteiger partial charge >= 0.3 is 0 Å². The maximum atomic E-state index is 12.6. The van der Waals surface area contributed by atoms with Gasteiger partial charge in [0.1, 0.15) is 0 Å². The molecule has 1 aromatic carbocycles. The summed E-state index contributed by atoms with van der Waals surface area (Å²) in [5.41, 5.74) is 4.12. The topological polar surface area (TPSA) is 42.4 Å². The molecule has 1 amide bonds. The number of hydrogen-bond acceptors (Lipinski definition) is 3. The highest BCUT2D eigenvalue weighted by Crippen LogP contribution is 2.23. The smallest absolute Gasteiger partial charge is 0.253 e. The Kier molecular flexibility index (Phi) is 5.82. The van der Waals surface area contributed by atoms with Gasteiger partial charge in [-0.05, 0) is 67.5 Å². The summed E-state index contributed by atoms with van der Waals surface area (Å²) in [5, 5.41) is 0. The van der Waals surface area contributed by atoms with Crippen LogP contribution in [0.25, 0.3) is 11.1 Å². The molecule has 2 heterocycles. The van der Waals surface area contributed by atoms with E-state index in [1.54, 1.807) is 6.20 Å². The Morgan fingerprint density at radius 3 is 2.76 bits per heavy atom. The van der Waals surface area contributed by atoms with Gasteiger partial charge in [-0.1, -0.05) is 12.1 Å². The molecule has 4 heteroatoms. The molecular weight excluding hydrogens is 312 g/mol. The van der Waals surface area contributed by atoms with Gasteiger partial charge in [0.25, 0.3) is 5.91 Å². The van der Waals surface area contributed by atoms with E-state index in [1.807, 2.05) is 55.4 Å². The van der Waals surface area contributed by atoms with Crippen LogP contribution in [0, 0.1) is 6.92 Å². The van der Waals surface area contributed by atoms with Crippen LogP contribution in [0.1, 0.15) is 41.6 Å². The summed E-state index contributed by atoms with van der Waals surface area (Å²) < 4.78 is 5.64. The number of aromatic nitrogens is 1. The lowest BCUT2D eigenvalue weighted by Gasteiger charge is -2.18. The van der Waals surface area contributed by atoms with E-state index in [2.05, 4.69) is 4.98 Å². The Balaban J connectivity index is 1.57. The number of benzene rings is 1. The molecule has 132 valence electrons. The number of ether oxygens (including phenoxy) is 1. The minimum atomic E-state index is 0.0744. The van der Waals surface area contributed by atoms with Crippen molar-refractivity contribution in [2.45, 2.75) is 38.7 Å². The molecule has 0 N–H and O–H groups in total. The van der Waals surface area contributed by atoms with Gasteiger partial charge in [-0.3, -0.25) is 9.78 Å². The lowest BCUT2D eigenvalue weighted by Crippen LogP contribution is -2.28. The van der Waals surface area contributed by atoms with Crippen LogP contribution in [-0.4, -0.2) is 42.1 Å². The SMILES string of the molecule is Cc1cnccc1-c1ccc(C(=O)N(C)CCCC2CCCO2)cc1. The zero-order valence-electron chi connectivity index (χ0n) is 15.1. The molecule has 2 aromatic rings. The third kappa shape index (κ3) is 4.45. The predicted octanol–water partition coefficient (Wildman–Crippen LogP) is 4.09. The Hall–Kier alpha value is -2.20. The second kappa shape index (κ2) is 8.26. The monoisotopic (exact) mass is 338 g/mol. The average molecular weight is 338 g/mol. The van der Waals surface area contributed by atoms with Crippen LogP contribution in [0.15, 0.2) is 42.7 Å². The molecule has 1 saturated heterocycles. The maximum Gasteiger partial charge on any atom is 0.253 e. The van der Waals surface area contributed by atoms with Crippen molar-refractivity contribution in [2.75, 3.05) is 20.2 Å². The molecule has 1 unspecified atom stereocenters. The molecule has 0 spiro atoms. The summed E-state index contributed by atoms with van der Waals surface area (Å²) in [7, 11) is 1.87. The molecule has 0 aliphatic carbocycles. The van der Waals surface area contributed by atoms with Crippen molar-refractivity contribution < 1.29 is 9.53 Å². The second-order valence-corrected chi connectivity index (χ2v) is 6.77. The number of rotatable bonds is 6. The van der Waals surface area contributed by atoms with E-state index < -0.39 is 0 Å². The largest absolute Gasteiger partial charge is 0.378 e. The van der Waals surface area contributed by atoms with E-state index in [0.29, 0.717) is 6.10 Å². The number of carbonyl (C=O) groups excluding carboxylic acids is 1. The van der Waals surface area contributed by atoms with Crippen molar-refractivity contribution in [3.8, 4) is 11.1 Å². The quantitative estimate of drug-likeness (QED) is 0.797. The third-order valence-electron chi connectivity index (χ3n) is 4.85. The van der Waals surface area contributed by atoms with Gasteiger partial charge in [-0.25, -0.2) is 0 Å². The number of amides is 1. The first kappa shape index (κ1) is 17.6. The van der Waals surface area contributed by atoms with Crippen LogP contribution in [0.4, 0.5) is 0 Å². The van der Waals surface area contributed by atoms with Crippen LogP contribution >= 0.6 is 0 Å². The number of hydrogen-bond donors (Lipinski definition) is 0. The highest BCUT2D eigenvalue weighted by molar-refractivity contribution is 5.94. The first-order chi connectivity index (χ1) is 12.1. The van der Waals surface area contributed by atoms with Gasteiger partial charge < -0.3 is 9.64 Å². The van der Waals surface area contributed by atoms with Crippen LogP contribution in [0.2, 0.25) is 0 Å². The minimum absolute atomic E-state index is 0.0744. The van der Waals surface area contributed by atoms with Crippen molar-refractivity contribution in [3.05, 3.63) is 53.9 Å². The van der Waals surface area contributed by atoms with E-state index >= 15 is 0 Å². The molecule has 0 radical (unpaired) electrons. The molecule has 1 fully saturated rings. The summed E-state index contributed by atoms with van der Waals surface area (Å²) in [5.74, 6) is 0.0744. The lowest BCUT2D eigenvalue weighted by molar-refractivity contribution is 0.0763. The number of pyridine rings is 1. The van der Waals surface area contributed by atoms with Crippen LogP contribution in [-0.2, 0) is 4.74 Å². The van der Waals surface area contributed by atoms with Gasteiger partial charge in [0.05, 0.1) is 6.10 Å². The molecule has 0 bridgehead atoms. The van der Waals surface area contributed by atoms with Gasteiger partial charge in [-0.2, -0.15) is 0 Å². The van der Waals surface area contributed by atoms with Crippen molar-refractivity contribution in [1.29, 1.82) is 0 Å². The fourth-order valence-electron chi connectivity index (χ4n) is 3.34. The normalized spacial score (nSPS) is 16.8. The first-order valence-electron chi connectivity index (χ1n) is 9.03. The third-order valence-corrected chi connectivity index (χ3v) is 4.85. The van der Waals surface area contributed by atoms with E-state index in [4.69, 9.17) is 4.74 Å². The fourth-order valence-corrected chi connectivity index (χ4v) is 3.34. The van der Waals surface area contributed by atoms with E-state index in [9.17, 15) is 4.79 Å². The Morgan fingerprint density at radius 1 is 1.28 bits per heavy atom. The maximum absolute atomic E-state index is 12.6. The molecular formula is C21H26N2O2. The molecule has 1 atom stereocenters. The highest BCUT2D eigenvalue weighted by atomic mass is 16.5. The van der Waals surface area contributed by atoms with E-state index in [0.717, 1.165) is 54.7 Å². The number of carbonyl (C=O) groups is 1. The zero-order chi connectivity index (χ0) is 17.6. The second-order valence-electron chi connectivity index (χ2n) is 6.77. The van der Waals surface area contributed by atoms with Crippen LogP contribution in [0.3, 0.4) is 0 Å². The summed E-state index contributed by atoms with van der Waals surface area (Å²) in [6, 6.07) is 9.84. The average Bonchev–Trinajstić information content (AvgIpc) is 3.15. The standard InChI is InChI=1S/C21H26N2O2/c1-16-15-22-12-11-20(16)17-7-9-18(10-8-17)21(24)23(2)13-3-5-19-6-4-14-25-19/h7-12,15,19H,3-6,13-14H2,1-2H3. The van der Waals surface area contributed by atoms with Crippen molar-refractivity contribution in [2.24, 2.45) is 0 Å². The lowest BCUT2D eigenvalue weighted by atomic mass is 10.0. The summed E-state index contributed by atoms with van der Waals surface area (Å²) in [6.45, 7) is 3.70. The molecule has 1 aromatic heterocycles. The first-order valence-corrected chi connectivity index (χ1v) is 9.03. The van der Waals surface area contributed by atoms with Crippen molar-refractivity contribution in [1.82, 2.24) is 9.88 Å². The van der Waals surface area contributed by atoms with Crippen LogP contribution < -0.4 is 0 Å². The molecule has 3 rings (SSSR count). The summed E-state index contributed by atoms with van der Waals surface area (Å²) in [4.78, 5) is 18.5. The van der Waals surface area contributed by atoms with Gasteiger partial charge in [0.15, 0.2) is 0 Å². The van der Waals surface area contributed by atoms with Crippen LogP contribution in [0.5, 0.6) is 0 Å². The van der Waals surface area contributed by atoms with Crippen molar-refractivity contribution in [3.63, 3.8) is 0 Å². The Morgan fingerprint density at radius 2 is 2.08 bits per heavy atom. The molecule has 0 saturated carbocycles. The zero-order valence-corrected chi connectivity index (χ0v) is 15.1. The van der Waals surface area contributed by atoms with Gasteiger partial charge in [0, 0.05) is 38.2 Å². The predicted molar refractivity (Wildman–Crippen MR) is 99.6 cm³/mol. The van der Waals surface area contributed by atoms with Crippen molar-refractivity contribution >= 4 is 5.91 Å². The number of nitrogens with zero attached hydrogens (tertiary/aromatic N) is 2. The fraction of sp³-hybridized carbons (Fsp3) is 0.429.